The molecule has 2 aromatic rings. The van der Waals surface area contributed by atoms with Crippen molar-refractivity contribution in [3.05, 3.63) is 46.9 Å². The molecule has 1 fully saturated rings. The zero-order valence-corrected chi connectivity index (χ0v) is 16.9. The lowest BCUT2D eigenvalue weighted by Crippen LogP contribution is -2.38. The number of ether oxygens (including phenoxy) is 1. The third-order valence-electron chi connectivity index (χ3n) is 5.69. The molecule has 1 amide bonds. The molecule has 0 radical (unpaired) electrons. The molecule has 4 rings (SSSR count). The van der Waals surface area contributed by atoms with E-state index in [0.717, 1.165) is 36.6 Å². The summed E-state index contributed by atoms with van der Waals surface area (Å²) < 4.78 is 5.49. The molecule has 1 unspecified atom stereocenters. The molecule has 0 saturated carbocycles. The number of fused-ring (bicyclic) bond motifs is 1. The highest BCUT2D eigenvalue weighted by atomic mass is 16.5. The van der Waals surface area contributed by atoms with Gasteiger partial charge in [-0.1, -0.05) is 0 Å². The summed E-state index contributed by atoms with van der Waals surface area (Å²) in [5.74, 6) is 1.04. The lowest BCUT2D eigenvalue weighted by molar-refractivity contribution is -0.118. The van der Waals surface area contributed by atoms with E-state index < -0.39 is 0 Å². The number of aromatic nitrogens is 2. The van der Waals surface area contributed by atoms with Crippen molar-refractivity contribution in [3.63, 3.8) is 0 Å². The number of likely N-dealkylation sites (tertiary alicyclic amines) is 1. The van der Waals surface area contributed by atoms with Crippen LogP contribution >= 0.6 is 0 Å². The van der Waals surface area contributed by atoms with Gasteiger partial charge in [-0.25, -0.2) is 4.98 Å². The second kappa shape index (κ2) is 7.87. The maximum atomic E-state index is 11.4. The van der Waals surface area contributed by atoms with E-state index in [2.05, 4.69) is 53.1 Å². The lowest BCUT2D eigenvalue weighted by atomic mass is 9.90. The predicted octanol–water partition coefficient (Wildman–Crippen LogP) is 3.44. The van der Waals surface area contributed by atoms with Crippen LogP contribution in [0.5, 0.6) is 5.88 Å². The van der Waals surface area contributed by atoms with E-state index in [1.807, 2.05) is 12.1 Å². The van der Waals surface area contributed by atoms with E-state index in [1.165, 1.54) is 18.4 Å². The van der Waals surface area contributed by atoms with Crippen molar-refractivity contribution in [1.82, 2.24) is 14.9 Å². The van der Waals surface area contributed by atoms with E-state index in [0.29, 0.717) is 17.5 Å². The SMILES string of the molecule is Cc1cc(C[C@H]2CCCN(C(C)c3ccc4c(n3)OCC(=O)N4)C2)cc(C)n1. The Morgan fingerprint density at radius 1 is 1.25 bits per heavy atom. The lowest BCUT2D eigenvalue weighted by Gasteiger charge is -2.37. The Labute approximate surface area is 166 Å². The molecule has 0 spiro atoms. The fourth-order valence-corrected chi connectivity index (χ4v) is 4.39. The van der Waals surface area contributed by atoms with Crippen LogP contribution in [-0.4, -0.2) is 40.5 Å². The molecule has 28 heavy (non-hydrogen) atoms. The molecule has 2 aromatic heterocycles. The van der Waals surface area contributed by atoms with Gasteiger partial charge in [0.25, 0.3) is 5.91 Å². The molecule has 0 aliphatic carbocycles. The molecule has 148 valence electrons. The molecule has 1 saturated heterocycles. The minimum Gasteiger partial charge on any atom is -0.466 e. The van der Waals surface area contributed by atoms with Gasteiger partial charge < -0.3 is 10.1 Å². The van der Waals surface area contributed by atoms with Crippen LogP contribution in [0.1, 0.15) is 48.5 Å². The zero-order valence-electron chi connectivity index (χ0n) is 16.9. The highest BCUT2D eigenvalue weighted by molar-refractivity contribution is 5.94. The largest absolute Gasteiger partial charge is 0.466 e. The first-order valence-electron chi connectivity index (χ1n) is 10.1. The second-order valence-corrected chi connectivity index (χ2v) is 8.07. The molecule has 2 atom stereocenters. The standard InChI is InChI=1S/C22H28N4O2/c1-14-9-18(10-15(2)23-14)11-17-5-4-8-26(12-17)16(3)19-6-7-20-22(25-19)28-13-21(27)24-20/h6-7,9-10,16-17H,4-5,8,11-13H2,1-3H3,(H,24,27)/t16?,17-/m1/s1. The molecule has 6 nitrogen and oxygen atoms in total. The third-order valence-corrected chi connectivity index (χ3v) is 5.69. The number of piperidine rings is 1. The zero-order chi connectivity index (χ0) is 19.7. The van der Waals surface area contributed by atoms with Gasteiger partial charge in [-0.2, -0.15) is 0 Å². The number of hydrogen-bond donors (Lipinski definition) is 1. The van der Waals surface area contributed by atoms with Crippen molar-refractivity contribution in [2.45, 2.75) is 46.1 Å². The number of rotatable bonds is 4. The van der Waals surface area contributed by atoms with Crippen molar-refractivity contribution in [2.75, 3.05) is 25.0 Å². The van der Waals surface area contributed by atoms with Crippen LogP contribution in [0.4, 0.5) is 5.69 Å². The van der Waals surface area contributed by atoms with Gasteiger partial charge in [0.2, 0.25) is 5.88 Å². The number of anilines is 1. The van der Waals surface area contributed by atoms with Crippen molar-refractivity contribution in [2.24, 2.45) is 5.92 Å². The van der Waals surface area contributed by atoms with Gasteiger partial charge >= 0.3 is 0 Å². The molecule has 1 N–H and O–H groups in total. The number of aryl methyl sites for hydroxylation is 2. The van der Waals surface area contributed by atoms with Gasteiger partial charge in [-0.3, -0.25) is 14.7 Å². The topological polar surface area (TPSA) is 67.4 Å². The van der Waals surface area contributed by atoms with Crippen molar-refractivity contribution < 1.29 is 9.53 Å². The van der Waals surface area contributed by atoms with Gasteiger partial charge in [0, 0.05) is 24.0 Å². The highest BCUT2D eigenvalue weighted by Gasteiger charge is 2.27. The Hall–Kier alpha value is -2.47. The van der Waals surface area contributed by atoms with E-state index in [-0.39, 0.29) is 18.6 Å². The molecule has 2 aliphatic rings. The average Bonchev–Trinajstić information content (AvgIpc) is 2.66. The third kappa shape index (κ3) is 4.17. The Bertz CT molecular complexity index is 863. The van der Waals surface area contributed by atoms with Crippen LogP contribution in [-0.2, 0) is 11.2 Å². The molecule has 2 aliphatic heterocycles. The first kappa shape index (κ1) is 18.9. The quantitative estimate of drug-likeness (QED) is 0.880. The summed E-state index contributed by atoms with van der Waals surface area (Å²) in [6, 6.07) is 8.54. The number of nitrogens with zero attached hydrogens (tertiary/aromatic N) is 3. The molecule has 0 bridgehead atoms. The van der Waals surface area contributed by atoms with Gasteiger partial charge in [0.05, 0.1) is 5.69 Å². The maximum Gasteiger partial charge on any atom is 0.262 e. The molecule has 0 aromatic carbocycles. The van der Waals surface area contributed by atoms with Gasteiger partial charge in [0.1, 0.15) is 5.69 Å². The fraction of sp³-hybridized carbons (Fsp3) is 0.500. The Morgan fingerprint density at radius 2 is 2.04 bits per heavy atom. The normalized spacial score (nSPS) is 20.8. The van der Waals surface area contributed by atoms with Gasteiger partial charge in [0.15, 0.2) is 6.61 Å². The summed E-state index contributed by atoms with van der Waals surface area (Å²) in [6.07, 6.45) is 3.56. The first-order chi connectivity index (χ1) is 13.5. The number of hydrogen-bond acceptors (Lipinski definition) is 5. The minimum atomic E-state index is -0.129. The molecule has 6 heteroatoms. The average molecular weight is 380 g/mol. The maximum absolute atomic E-state index is 11.4. The van der Waals surface area contributed by atoms with Crippen LogP contribution in [0.25, 0.3) is 0 Å². The smallest absolute Gasteiger partial charge is 0.262 e. The van der Waals surface area contributed by atoms with Crippen LogP contribution in [0, 0.1) is 19.8 Å². The van der Waals surface area contributed by atoms with Crippen molar-refractivity contribution >= 4 is 11.6 Å². The first-order valence-corrected chi connectivity index (χ1v) is 10.1. The summed E-state index contributed by atoms with van der Waals surface area (Å²) in [5.41, 5.74) is 5.24. The number of pyridine rings is 2. The number of carbonyl (C=O) groups excluding carboxylic acids is 1. The second-order valence-electron chi connectivity index (χ2n) is 8.07. The van der Waals surface area contributed by atoms with Crippen molar-refractivity contribution in [3.8, 4) is 5.88 Å². The summed E-state index contributed by atoms with van der Waals surface area (Å²) in [4.78, 5) is 23.1. The van der Waals surface area contributed by atoms with Crippen LogP contribution < -0.4 is 10.1 Å². The Kier molecular flexibility index (Phi) is 5.31. The number of amides is 1. The van der Waals surface area contributed by atoms with E-state index in [4.69, 9.17) is 4.74 Å². The highest BCUT2D eigenvalue weighted by Crippen LogP contribution is 2.31. The Balaban J connectivity index is 1.44. The van der Waals surface area contributed by atoms with Gasteiger partial charge in [-0.15, -0.1) is 0 Å². The predicted molar refractivity (Wildman–Crippen MR) is 108 cm³/mol. The van der Waals surface area contributed by atoms with E-state index in [9.17, 15) is 4.79 Å². The molecule has 4 heterocycles. The number of carbonyl (C=O) groups is 1. The minimum absolute atomic E-state index is 0.0361. The van der Waals surface area contributed by atoms with E-state index in [1.54, 1.807) is 0 Å². The van der Waals surface area contributed by atoms with Crippen LogP contribution in [0.15, 0.2) is 24.3 Å². The number of nitrogens with one attached hydrogen (secondary N) is 1. The van der Waals surface area contributed by atoms with Crippen molar-refractivity contribution in [1.29, 1.82) is 0 Å². The molecular weight excluding hydrogens is 352 g/mol. The van der Waals surface area contributed by atoms with Crippen LogP contribution in [0.3, 0.4) is 0 Å². The monoisotopic (exact) mass is 380 g/mol. The van der Waals surface area contributed by atoms with Gasteiger partial charge in [-0.05, 0) is 82.3 Å². The fourth-order valence-electron chi connectivity index (χ4n) is 4.39. The summed E-state index contributed by atoms with van der Waals surface area (Å²) in [7, 11) is 0. The van der Waals surface area contributed by atoms with E-state index >= 15 is 0 Å². The molecular formula is C22H28N4O2. The summed E-state index contributed by atoms with van der Waals surface area (Å²) >= 11 is 0. The summed E-state index contributed by atoms with van der Waals surface area (Å²) in [6.45, 7) is 8.53. The summed E-state index contributed by atoms with van der Waals surface area (Å²) in [5, 5.41) is 2.80. The van der Waals surface area contributed by atoms with Crippen LogP contribution in [0.2, 0.25) is 0 Å². The Morgan fingerprint density at radius 3 is 2.82 bits per heavy atom.